The fourth-order valence-electron chi connectivity index (χ4n) is 3.77. The Labute approximate surface area is 169 Å². The molecular weight excluding hydrogens is 368 g/mol. The molecule has 2 aromatic carbocycles. The standard InChI is InChI=1S/C23H24N2O2S/c1-15-6-2-3-7-18(15)24-22(26)17-12-10-16(11-13-17)14-21-23(27)25-19-8-4-5-9-20(19)28-21/h4-5,8-15,18H,2-3,6-7H2,1H3,(H,24,26)(H,25,27)/b21-14+/t15-,18-/m0/s1. The van der Waals surface area contributed by atoms with E-state index in [2.05, 4.69) is 17.6 Å². The number of nitrogens with one attached hydrogen (secondary N) is 2. The summed E-state index contributed by atoms with van der Waals surface area (Å²) in [5.41, 5.74) is 2.41. The van der Waals surface area contributed by atoms with E-state index in [1.807, 2.05) is 54.6 Å². The van der Waals surface area contributed by atoms with Gasteiger partial charge in [0.2, 0.25) is 0 Å². The zero-order chi connectivity index (χ0) is 19.5. The van der Waals surface area contributed by atoms with Gasteiger partial charge in [-0.2, -0.15) is 0 Å². The van der Waals surface area contributed by atoms with E-state index in [1.54, 1.807) is 0 Å². The highest BCUT2D eigenvalue weighted by Gasteiger charge is 2.23. The molecule has 2 aliphatic rings. The summed E-state index contributed by atoms with van der Waals surface area (Å²) in [5.74, 6) is 0.417. The summed E-state index contributed by atoms with van der Waals surface area (Å²) in [6.07, 6.45) is 6.55. The van der Waals surface area contributed by atoms with Gasteiger partial charge >= 0.3 is 0 Å². The quantitative estimate of drug-likeness (QED) is 0.716. The van der Waals surface area contributed by atoms with Gasteiger partial charge in [0.15, 0.2) is 0 Å². The van der Waals surface area contributed by atoms with Crippen LogP contribution in [0.5, 0.6) is 0 Å². The molecule has 2 N–H and O–H groups in total. The van der Waals surface area contributed by atoms with Crippen molar-refractivity contribution in [3.05, 3.63) is 64.6 Å². The molecule has 1 heterocycles. The van der Waals surface area contributed by atoms with Gasteiger partial charge < -0.3 is 10.6 Å². The average molecular weight is 393 g/mol. The first-order valence-corrected chi connectivity index (χ1v) is 10.6. The summed E-state index contributed by atoms with van der Waals surface area (Å²) in [5, 5.41) is 6.10. The number of carbonyl (C=O) groups excluding carboxylic acids is 2. The lowest BCUT2D eigenvalue weighted by Gasteiger charge is -2.29. The van der Waals surface area contributed by atoms with Crippen LogP contribution in [0.4, 0.5) is 5.69 Å². The van der Waals surface area contributed by atoms with Crippen molar-refractivity contribution in [3.8, 4) is 0 Å². The number of anilines is 1. The molecule has 28 heavy (non-hydrogen) atoms. The van der Waals surface area contributed by atoms with E-state index in [1.165, 1.54) is 31.0 Å². The summed E-state index contributed by atoms with van der Waals surface area (Å²) >= 11 is 1.46. The van der Waals surface area contributed by atoms with Gasteiger partial charge in [0, 0.05) is 16.5 Å². The van der Waals surface area contributed by atoms with Gasteiger partial charge in [-0.15, -0.1) is 0 Å². The van der Waals surface area contributed by atoms with Gasteiger partial charge in [-0.05, 0) is 54.7 Å². The van der Waals surface area contributed by atoms with E-state index in [9.17, 15) is 9.59 Å². The lowest BCUT2D eigenvalue weighted by Crippen LogP contribution is -2.41. The van der Waals surface area contributed by atoms with Crippen LogP contribution < -0.4 is 10.6 Å². The predicted octanol–water partition coefficient (Wildman–Crippen LogP) is 5.08. The molecule has 0 bridgehead atoms. The summed E-state index contributed by atoms with van der Waals surface area (Å²) < 4.78 is 0. The third-order valence-corrected chi connectivity index (χ3v) is 6.58. The largest absolute Gasteiger partial charge is 0.349 e. The second-order valence-corrected chi connectivity index (χ2v) is 8.61. The number of benzene rings is 2. The van der Waals surface area contributed by atoms with E-state index in [4.69, 9.17) is 0 Å². The Morgan fingerprint density at radius 1 is 1.11 bits per heavy atom. The van der Waals surface area contributed by atoms with Crippen molar-refractivity contribution in [3.63, 3.8) is 0 Å². The smallest absolute Gasteiger partial charge is 0.262 e. The Morgan fingerprint density at radius 3 is 2.64 bits per heavy atom. The highest BCUT2D eigenvalue weighted by molar-refractivity contribution is 8.04. The maximum absolute atomic E-state index is 12.6. The zero-order valence-corrected chi connectivity index (χ0v) is 16.7. The fraction of sp³-hybridized carbons (Fsp3) is 0.304. The monoisotopic (exact) mass is 392 g/mol. The minimum absolute atomic E-state index is 0.0170. The first-order chi connectivity index (χ1) is 13.6. The number of amides is 2. The maximum Gasteiger partial charge on any atom is 0.262 e. The van der Waals surface area contributed by atoms with Crippen molar-refractivity contribution in [1.29, 1.82) is 0 Å². The van der Waals surface area contributed by atoms with Crippen LogP contribution in [0.25, 0.3) is 6.08 Å². The van der Waals surface area contributed by atoms with Crippen molar-refractivity contribution >= 4 is 35.3 Å². The van der Waals surface area contributed by atoms with E-state index >= 15 is 0 Å². The molecule has 4 rings (SSSR count). The normalized spacial score (nSPS) is 23.0. The number of para-hydroxylation sites is 1. The lowest BCUT2D eigenvalue weighted by molar-refractivity contribution is -0.112. The predicted molar refractivity (Wildman–Crippen MR) is 114 cm³/mol. The molecule has 2 atom stereocenters. The number of thioether (sulfide) groups is 1. The second-order valence-electron chi connectivity index (χ2n) is 7.52. The Hall–Kier alpha value is -2.53. The maximum atomic E-state index is 12.6. The van der Waals surface area contributed by atoms with Crippen LogP contribution >= 0.6 is 11.8 Å². The molecule has 2 aromatic rings. The van der Waals surface area contributed by atoms with Crippen LogP contribution in [0.15, 0.2) is 58.3 Å². The van der Waals surface area contributed by atoms with Crippen LogP contribution in [0.3, 0.4) is 0 Å². The number of carbonyl (C=O) groups is 2. The van der Waals surface area contributed by atoms with Gasteiger partial charge in [-0.25, -0.2) is 0 Å². The van der Waals surface area contributed by atoms with Crippen molar-refractivity contribution in [2.75, 3.05) is 5.32 Å². The molecule has 1 saturated carbocycles. The van der Waals surface area contributed by atoms with Gasteiger partial charge in [0.1, 0.15) is 0 Å². The molecule has 144 valence electrons. The molecule has 0 radical (unpaired) electrons. The van der Waals surface area contributed by atoms with Gasteiger partial charge in [-0.3, -0.25) is 9.59 Å². The number of hydrogen-bond acceptors (Lipinski definition) is 3. The van der Waals surface area contributed by atoms with E-state index < -0.39 is 0 Å². The van der Waals surface area contributed by atoms with Crippen LogP contribution in [-0.4, -0.2) is 17.9 Å². The SMILES string of the molecule is C[C@H]1CCCC[C@@H]1NC(=O)c1ccc(/C=C2/Sc3ccccc3NC2=O)cc1. The molecule has 1 fully saturated rings. The molecule has 0 saturated heterocycles. The molecule has 2 amide bonds. The first-order valence-electron chi connectivity index (χ1n) is 9.81. The van der Waals surface area contributed by atoms with Crippen molar-refractivity contribution in [1.82, 2.24) is 5.32 Å². The van der Waals surface area contributed by atoms with E-state index in [-0.39, 0.29) is 17.9 Å². The molecule has 0 unspecified atom stereocenters. The number of rotatable bonds is 3. The first kappa shape index (κ1) is 18.8. The molecule has 0 spiro atoms. The van der Waals surface area contributed by atoms with E-state index in [0.29, 0.717) is 16.4 Å². The van der Waals surface area contributed by atoms with Crippen LogP contribution in [0.2, 0.25) is 0 Å². The molecule has 5 heteroatoms. The molecule has 0 aromatic heterocycles. The Kier molecular flexibility index (Phi) is 5.53. The summed E-state index contributed by atoms with van der Waals surface area (Å²) in [4.78, 5) is 26.6. The summed E-state index contributed by atoms with van der Waals surface area (Å²) in [6, 6.07) is 15.5. The van der Waals surface area contributed by atoms with Crippen molar-refractivity contribution in [2.24, 2.45) is 5.92 Å². The second kappa shape index (κ2) is 8.23. The highest BCUT2D eigenvalue weighted by Crippen LogP contribution is 2.38. The van der Waals surface area contributed by atoms with Gasteiger partial charge in [-0.1, -0.05) is 55.8 Å². The molecular formula is C23H24N2O2S. The minimum atomic E-state index is -0.100. The zero-order valence-electron chi connectivity index (χ0n) is 15.9. The Bertz CT molecular complexity index is 920. The van der Waals surface area contributed by atoms with Crippen LogP contribution in [0, 0.1) is 5.92 Å². The van der Waals surface area contributed by atoms with Gasteiger partial charge in [0.25, 0.3) is 11.8 Å². The van der Waals surface area contributed by atoms with Crippen LogP contribution in [-0.2, 0) is 4.79 Å². The van der Waals surface area contributed by atoms with Gasteiger partial charge in [0.05, 0.1) is 10.6 Å². The topological polar surface area (TPSA) is 58.2 Å². The number of hydrogen-bond donors (Lipinski definition) is 2. The van der Waals surface area contributed by atoms with Crippen LogP contribution in [0.1, 0.15) is 48.5 Å². The summed E-state index contributed by atoms with van der Waals surface area (Å²) in [6.45, 7) is 2.21. The highest BCUT2D eigenvalue weighted by atomic mass is 32.2. The van der Waals surface area contributed by atoms with Crippen molar-refractivity contribution < 1.29 is 9.59 Å². The Morgan fingerprint density at radius 2 is 1.86 bits per heavy atom. The average Bonchev–Trinajstić information content (AvgIpc) is 2.71. The molecule has 1 aliphatic carbocycles. The lowest BCUT2D eigenvalue weighted by atomic mass is 9.86. The molecule has 4 nitrogen and oxygen atoms in total. The Balaban J connectivity index is 1.45. The number of fused-ring (bicyclic) bond motifs is 1. The third-order valence-electron chi connectivity index (χ3n) is 5.48. The van der Waals surface area contributed by atoms with E-state index in [0.717, 1.165) is 22.6 Å². The summed E-state index contributed by atoms with van der Waals surface area (Å²) in [7, 11) is 0. The van der Waals surface area contributed by atoms with Crippen molar-refractivity contribution in [2.45, 2.75) is 43.5 Å². The minimum Gasteiger partial charge on any atom is -0.349 e. The fourth-order valence-corrected chi connectivity index (χ4v) is 4.72. The molecule has 1 aliphatic heterocycles. The third kappa shape index (κ3) is 4.14.